The van der Waals surface area contributed by atoms with Gasteiger partial charge >= 0.3 is 12.0 Å². The fourth-order valence-electron chi connectivity index (χ4n) is 9.59. The van der Waals surface area contributed by atoms with Crippen LogP contribution in [-0.2, 0) is 33.2 Å². The Morgan fingerprint density at radius 2 is 1.64 bits per heavy atom. The van der Waals surface area contributed by atoms with Crippen LogP contribution in [0.15, 0.2) is 18.5 Å². The van der Waals surface area contributed by atoms with Gasteiger partial charge in [-0.2, -0.15) is 0 Å². The van der Waals surface area contributed by atoms with Gasteiger partial charge in [0, 0.05) is 44.4 Å². The summed E-state index contributed by atoms with van der Waals surface area (Å²) in [6.07, 6.45) is -3.27. The Hall–Kier alpha value is -2.13. The van der Waals surface area contributed by atoms with E-state index in [1.165, 1.54) is 14.0 Å². The van der Waals surface area contributed by atoms with Gasteiger partial charge in [0.25, 0.3) is 0 Å². The monoisotopic (exact) mass is 870 g/mol. The Morgan fingerprint density at radius 1 is 0.967 bits per heavy atom. The molecule has 0 radical (unpaired) electrons. The van der Waals surface area contributed by atoms with Crippen LogP contribution in [0.25, 0.3) is 0 Å². The first-order chi connectivity index (χ1) is 28.6. The number of cyclic esters (lactones) is 1. The zero-order valence-electron chi connectivity index (χ0n) is 38.9. The van der Waals surface area contributed by atoms with Crippen LogP contribution in [0, 0.1) is 17.8 Å². The number of nitrogens with one attached hydrogen (secondary N) is 3. The summed E-state index contributed by atoms with van der Waals surface area (Å²) in [4.78, 5) is 23.1. The van der Waals surface area contributed by atoms with E-state index in [4.69, 9.17) is 33.2 Å². The number of nitrogens with zero attached hydrogens (tertiary/aromatic N) is 2. The van der Waals surface area contributed by atoms with E-state index in [0.29, 0.717) is 19.5 Å². The number of aromatic nitrogens is 2. The lowest BCUT2D eigenvalue weighted by Gasteiger charge is -2.53. The highest BCUT2D eigenvalue weighted by Gasteiger charge is 2.58. The van der Waals surface area contributed by atoms with E-state index in [1.54, 1.807) is 53.1 Å². The van der Waals surface area contributed by atoms with E-state index in [2.05, 4.69) is 25.9 Å². The number of aliphatic hydroxyl groups is 4. The zero-order chi connectivity index (χ0) is 45.5. The van der Waals surface area contributed by atoms with Crippen LogP contribution < -0.4 is 20.7 Å². The third-order valence-corrected chi connectivity index (χ3v) is 13.5. The van der Waals surface area contributed by atoms with E-state index in [9.17, 15) is 25.2 Å². The second kappa shape index (κ2) is 21.7. The predicted octanol–water partition coefficient (Wildman–Crippen LogP) is 2.46. The molecule has 0 aromatic carbocycles. The van der Waals surface area contributed by atoms with E-state index in [-0.39, 0.29) is 49.9 Å². The summed E-state index contributed by atoms with van der Waals surface area (Å²) >= 11 is 0. The minimum Gasteiger partial charge on any atom is -0.459 e. The molecule has 0 spiro atoms. The maximum atomic E-state index is 14.5. The molecule has 4 rings (SSSR count). The van der Waals surface area contributed by atoms with Gasteiger partial charge in [0.15, 0.2) is 18.7 Å². The lowest BCUT2D eigenvalue weighted by atomic mass is 9.75. The number of hydrogen-bond acceptors (Lipinski definition) is 17. The zero-order valence-corrected chi connectivity index (χ0v) is 38.9. The van der Waals surface area contributed by atoms with Crippen LogP contribution in [0.4, 0.5) is 0 Å². The van der Waals surface area contributed by atoms with E-state index < -0.39 is 95.5 Å². The predicted molar refractivity (Wildman–Crippen MR) is 227 cm³/mol. The lowest BCUT2D eigenvalue weighted by Crippen LogP contribution is -2.70. The normalized spacial score (nSPS) is 44.7. The molecule has 3 aliphatic rings. The molecule has 4 heterocycles. The van der Waals surface area contributed by atoms with Crippen molar-refractivity contribution in [3.63, 3.8) is 0 Å². The van der Waals surface area contributed by atoms with Gasteiger partial charge in [-0.1, -0.05) is 27.7 Å². The Labute approximate surface area is 363 Å². The number of carbonyl (C=O) groups excluding carboxylic acids is 1. The molecular formula is C44H79N5O12. The molecule has 0 aliphatic carbocycles. The standard InChI is InChI=1S/C44H79N5O12/c1-14-17-46-24-44(54)30(8)57-33(22-42(44,10)55-13)59-34-27(5)37(61-39-35(31(45-12)20-26(4)56-39)60-40-47-18-16-19-48-40)41(9,52)21-25(3)23-49-29(7)36(50)43(11,53)32(15-2)58-38(51)28(34)6/h16,18-19,25-37,39,45-46,49-50,52-54H,14-15,17,20-24H2,1-13H3/t25-,26-,27+,28-,29-,30+,31+,32-,33+,34+,35-,36-,37-,39+,41-,42-,43-,44+/m1/s1. The molecule has 0 saturated carbocycles. The van der Waals surface area contributed by atoms with Gasteiger partial charge in [-0.25, -0.2) is 9.97 Å². The molecule has 61 heavy (non-hydrogen) atoms. The molecule has 3 saturated heterocycles. The summed E-state index contributed by atoms with van der Waals surface area (Å²) in [7, 11) is 3.37. The first-order valence-corrected chi connectivity index (χ1v) is 22.4. The number of carbonyl (C=O) groups is 1. The molecule has 0 amide bonds. The maximum Gasteiger partial charge on any atom is 0.316 e. The van der Waals surface area contributed by atoms with Crippen molar-refractivity contribution in [2.45, 2.75) is 198 Å². The Kier molecular flexibility index (Phi) is 18.3. The third kappa shape index (κ3) is 12.0. The fraction of sp³-hybridized carbons (Fsp3) is 0.886. The minimum absolute atomic E-state index is 0.0875. The van der Waals surface area contributed by atoms with Gasteiger partial charge in [0.1, 0.15) is 29.0 Å². The number of methoxy groups -OCH3 is 1. The number of ether oxygens (including phenoxy) is 7. The average Bonchev–Trinajstić information content (AvgIpc) is 3.21. The van der Waals surface area contributed by atoms with E-state index >= 15 is 0 Å². The summed E-state index contributed by atoms with van der Waals surface area (Å²) in [5, 5.41) is 58.1. The van der Waals surface area contributed by atoms with Crippen molar-refractivity contribution in [3.05, 3.63) is 18.5 Å². The van der Waals surface area contributed by atoms with Crippen LogP contribution in [0.3, 0.4) is 0 Å². The van der Waals surface area contributed by atoms with Crippen LogP contribution in [0.5, 0.6) is 6.01 Å². The Morgan fingerprint density at radius 3 is 2.25 bits per heavy atom. The number of likely N-dealkylation sites (N-methyl/N-ethyl adjacent to an activating group) is 1. The van der Waals surface area contributed by atoms with Gasteiger partial charge in [-0.3, -0.25) is 4.79 Å². The molecular weight excluding hydrogens is 791 g/mol. The lowest BCUT2D eigenvalue weighted by molar-refractivity contribution is -0.335. The molecule has 17 heteroatoms. The number of aliphatic hydroxyl groups excluding tert-OH is 1. The summed E-state index contributed by atoms with van der Waals surface area (Å²) < 4.78 is 45.5. The summed E-state index contributed by atoms with van der Waals surface area (Å²) in [6, 6.07) is 0.954. The van der Waals surface area contributed by atoms with Gasteiger partial charge in [-0.15, -0.1) is 0 Å². The highest BCUT2D eigenvalue weighted by atomic mass is 16.7. The first-order valence-electron chi connectivity index (χ1n) is 22.4. The van der Waals surface area contributed by atoms with E-state index in [1.807, 2.05) is 41.7 Å². The fourth-order valence-corrected chi connectivity index (χ4v) is 9.59. The molecule has 3 fully saturated rings. The van der Waals surface area contributed by atoms with Crippen LogP contribution in [0.2, 0.25) is 0 Å². The summed E-state index contributed by atoms with van der Waals surface area (Å²) in [5.74, 6) is -2.70. The van der Waals surface area contributed by atoms with Crippen molar-refractivity contribution < 1.29 is 58.4 Å². The van der Waals surface area contributed by atoms with Gasteiger partial charge in [-0.05, 0) is 106 Å². The van der Waals surface area contributed by atoms with Gasteiger partial charge < -0.3 is 69.5 Å². The second-order valence-corrected chi connectivity index (χ2v) is 18.7. The molecule has 1 aromatic heterocycles. The molecule has 0 unspecified atom stereocenters. The summed E-state index contributed by atoms with van der Waals surface area (Å²) in [5.41, 5.74) is -6.01. The largest absolute Gasteiger partial charge is 0.459 e. The van der Waals surface area contributed by atoms with Crippen LogP contribution >= 0.6 is 0 Å². The average molecular weight is 870 g/mol. The number of rotatable bonds is 13. The second-order valence-electron chi connectivity index (χ2n) is 18.7. The Balaban J connectivity index is 1.84. The maximum absolute atomic E-state index is 14.5. The smallest absolute Gasteiger partial charge is 0.316 e. The third-order valence-electron chi connectivity index (χ3n) is 13.5. The van der Waals surface area contributed by atoms with Crippen molar-refractivity contribution in [1.82, 2.24) is 25.9 Å². The highest BCUT2D eigenvalue weighted by molar-refractivity contribution is 5.73. The van der Waals surface area contributed by atoms with E-state index in [0.717, 1.165) is 6.42 Å². The van der Waals surface area contributed by atoms with Crippen LogP contribution in [-0.4, -0.2) is 160 Å². The SMILES string of the molecule is CCCNC[C@]1(O)[C@H](C)O[C@@H](O[C@H]2[C@H](C)[C@@H](O[C@@H]3O[C@H](C)C[C@H](NC)[C@H]3Oc3ncccn3)[C@](C)(O)C[C@@H](C)CN[C@H](C)[C@@H](O)[C@](C)(O)[C@@H](CC)OC(=O)[C@@H]2C)C[C@@]1(C)OC. The van der Waals surface area contributed by atoms with Crippen molar-refractivity contribution in [2.75, 3.05) is 33.8 Å². The molecule has 3 aliphatic heterocycles. The van der Waals surface area contributed by atoms with Crippen molar-refractivity contribution in [3.8, 4) is 6.01 Å². The molecule has 18 atom stereocenters. The molecule has 0 bridgehead atoms. The first kappa shape index (κ1) is 51.5. The number of esters is 1. The molecule has 7 N–H and O–H groups in total. The van der Waals surface area contributed by atoms with Crippen LogP contribution in [0.1, 0.15) is 108 Å². The minimum atomic E-state index is -1.83. The number of hydrogen-bond donors (Lipinski definition) is 7. The highest BCUT2D eigenvalue weighted by Crippen LogP contribution is 2.43. The molecule has 352 valence electrons. The molecule has 17 nitrogen and oxygen atoms in total. The van der Waals surface area contributed by atoms with Gasteiger partial charge in [0.05, 0.1) is 42.0 Å². The topological polar surface area (TPSA) is 224 Å². The van der Waals surface area contributed by atoms with Crippen molar-refractivity contribution in [2.24, 2.45) is 17.8 Å². The molecule has 1 aromatic rings. The summed E-state index contributed by atoms with van der Waals surface area (Å²) in [6.45, 7) is 21.0. The Bertz CT molecular complexity index is 1500. The quantitative estimate of drug-likeness (QED) is 0.112. The van der Waals surface area contributed by atoms with Crippen molar-refractivity contribution >= 4 is 5.97 Å². The van der Waals surface area contributed by atoms with Gasteiger partial charge in [0.2, 0.25) is 0 Å². The van der Waals surface area contributed by atoms with Crippen molar-refractivity contribution in [1.29, 1.82) is 0 Å².